The molecule has 0 spiro atoms. The van der Waals surface area contributed by atoms with Crippen molar-refractivity contribution >= 4 is 11.6 Å². The van der Waals surface area contributed by atoms with Crippen molar-refractivity contribution in [3.63, 3.8) is 0 Å². The van der Waals surface area contributed by atoms with Crippen LogP contribution < -0.4 is 0 Å². The number of alkyl halides is 1. The highest BCUT2D eigenvalue weighted by atomic mass is 35.5. The average Bonchev–Trinajstić information content (AvgIpc) is 2.30. The number of hydrogen-bond donors (Lipinski definition) is 0. The third-order valence-corrected chi connectivity index (χ3v) is 1.81. The van der Waals surface area contributed by atoms with Gasteiger partial charge in [-0.15, -0.1) is 11.6 Å². The molecule has 0 aliphatic rings. The molecule has 0 N–H and O–H groups in total. The standard InChI is InChI=1S/C8H10ClN3/c1-6-3-7(2)12(11-6)5-8(9)4-10/h3,8H,5H2,1-2H3/t8-/m1/s1. The Labute approximate surface area is 76.6 Å². The van der Waals surface area contributed by atoms with E-state index in [1.165, 1.54) is 0 Å². The lowest BCUT2D eigenvalue weighted by molar-refractivity contribution is 0.609. The van der Waals surface area contributed by atoms with Crippen LogP contribution in [0.4, 0.5) is 0 Å². The maximum absolute atomic E-state index is 8.47. The van der Waals surface area contributed by atoms with Crippen molar-refractivity contribution in [2.24, 2.45) is 0 Å². The highest BCUT2D eigenvalue weighted by Crippen LogP contribution is 2.05. The fourth-order valence-electron chi connectivity index (χ4n) is 1.05. The van der Waals surface area contributed by atoms with Crippen molar-refractivity contribution in [2.75, 3.05) is 0 Å². The number of aryl methyl sites for hydroxylation is 2. The number of rotatable bonds is 2. The van der Waals surface area contributed by atoms with Gasteiger partial charge in [0.1, 0.15) is 5.38 Å². The molecular formula is C8H10ClN3. The summed E-state index contributed by atoms with van der Waals surface area (Å²) in [6, 6.07) is 3.91. The molecule has 4 heteroatoms. The molecule has 0 unspecified atom stereocenters. The summed E-state index contributed by atoms with van der Waals surface area (Å²) < 4.78 is 1.75. The number of nitriles is 1. The van der Waals surface area contributed by atoms with Crippen LogP contribution in [0.1, 0.15) is 11.4 Å². The van der Waals surface area contributed by atoms with Gasteiger partial charge in [0.15, 0.2) is 0 Å². The summed E-state index contributed by atoms with van der Waals surface area (Å²) in [5.74, 6) is 0. The van der Waals surface area contributed by atoms with Crippen molar-refractivity contribution < 1.29 is 0 Å². The van der Waals surface area contributed by atoms with Crippen LogP contribution in [-0.2, 0) is 6.54 Å². The van der Waals surface area contributed by atoms with Crippen molar-refractivity contribution in [1.29, 1.82) is 5.26 Å². The van der Waals surface area contributed by atoms with E-state index in [9.17, 15) is 0 Å². The van der Waals surface area contributed by atoms with E-state index in [0.717, 1.165) is 11.4 Å². The van der Waals surface area contributed by atoms with E-state index in [1.807, 2.05) is 26.0 Å². The van der Waals surface area contributed by atoms with Gasteiger partial charge in [-0.2, -0.15) is 10.4 Å². The first-order valence-electron chi connectivity index (χ1n) is 3.68. The molecule has 0 aliphatic heterocycles. The first-order valence-corrected chi connectivity index (χ1v) is 4.12. The SMILES string of the molecule is Cc1cc(C)n(C[C@H](Cl)C#N)n1. The molecule has 0 aliphatic carbocycles. The lowest BCUT2D eigenvalue weighted by atomic mass is 10.4. The fourth-order valence-corrected chi connectivity index (χ4v) is 1.18. The van der Waals surface area contributed by atoms with E-state index in [2.05, 4.69) is 5.10 Å². The number of hydrogen-bond acceptors (Lipinski definition) is 2. The maximum atomic E-state index is 8.47. The molecule has 0 aromatic carbocycles. The molecule has 0 saturated heterocycles. The van der Waals surface area contributed by atoms with Gasteiger partial charge in [0.05, 0.1) is 18.3 Å². The third kappa shape index (κ3) is 1.99. The van der Waals surface area contributed by atoms with Crippen LogP contribution >= 0.6 is 11.6 Å². The lowest BCUT2D eigenvalue weighted by Gasteiger charge is -2.02. The highest BCUT2D eigenvalue weighted by molar-refractivity contribution is 6.22. The van der Waals surface area contributed by atoms with Gasteiger partial charge in [-0.05, 0) is 19.9 Å². The Balaban J connectivity index is 2.76. The molecule has 1 heterocycles. The molecule has 3 nitrogen and oxygen atoms in total. The van der Waals surface area contributed by atoms with Gasteiger partial charge in [0.25, 0.3) is 0 Å². The molecule has 1 atom stereocenters. The first kappa shape index (κ1) is 9.08. The van der Waals surface area contributed by atoms with Crippen LogP contribution in [0.15, 0.2) is 6.07 Å². The zero-order valence-electron chi connectivity index (χ0n) is 7.08. The Morgan fingerprint density at radius 1 is 1.75 bits per heavy atom. The zero-order valence-corrected chi connectivity index (χ0v) is 7.84. The summed E-state index contributed by atoms with van der Waals surface area (Å²) in [4.78, 5) is 0. The summed E-state index contributed by atoms with van der Waals surface area (Å²) in [7, 11) is 0. The molecule has 0 radical (unpaired) electrons. The van der Waals surface area contributed by atoms with E-state index in [-0.39, 0.29) is 0 Å². The zero-order chi connectivity index (χ0) is 9.14. The normalized spacial score (nSPS) is 12.5. The third-order valence-electron chi connectivity index (χ3n) is 1.58. The minimum atomic E-state index is -0.497. The van der Waals surface area contributed by atoms with E-state index >= 15 is 0 Å². The molecule has 0 amide bonds. The molecule has 0 saturated carbocycles. The number of halogens is 1. The van der Waals surface area contributed by atoms with Crippen LogP contribution in [0.3, 0.4) is 0 Å². The molecular weight excluding hydrogens is 174 g/mol. The number of nitrogens with zero attached hydrogens (tertiary/aromatic N) is 3. The Morgan fingerprint density at radius 2 is 2.42 bits per heavy atom. The second-order valence-corrected chi connectivity index (χ2v) is 3.23. The predicted octanol–water partition coefficient (Wildman–Crippen LogP) is 1.63. The quantitative estimate of drug-likeness (QED) is 0.654. The Morgan fingerprint density at radius 3 is 2.83 bits per heavy atom. The van der Waals surface area contributed by atoms with Gasteiger partial charge in [-0.25, -0.2) is 0 Å². The highest BCUT2D eigenvalue weighted by Gasteiger charge is 2.06. The fraction of sp³-hybridized carbons (Fsp3) is 0.500. The van der Waals surface area contributed by atoms with Crippen molar-refractivity contribution in [1.82, 2.24) is 9.78 Å². The second-order valence-electron chi connectivity index (χ2n) is 2.71. The maximum Gasteiger partial charge on any atom is 0.140 e. The van der Waals surface area contributed by atoms with Gasteiger partial charge in [-0.1, -0.05) is 0 Å². The molecule has 1 aromatic rings. The first-order chi connectivity index (χ1) is 5.63. The summed E-state index contributed by atoms with van der Waals surface area (Å²) in [6.45, 7) is 4.32. The van der Waals surface area contributed by atoms with Crippen LogP contribution in [-0.4, -0.2) is 15.2 Å². The van der Waals surface area contributed by atoms with Gasteiger partial charge in [0.2, 0.25) is 0 Å². The summed E-state index contributed by atoms with van der Waals surface area (Å²) in [5, 5.41) is 12.2. The Bertz CT molecular complexity index is 311. The summed E-state index contributed by atoms with van der Waals surface area (Å²) >= 11 is 5.66. The average molecular weight is 184 g/mol. The van der Waals surface area contributed by atoms with Crippen molar-refractivity contribution in [3.05, 3.63) is 17.5 Å². The lowest BCUT2D eigenvalue weighted by Crippen LogP contribution is -2.11. The smallest absolute Gasteiger partial charge is 0.140 e. The predicted molar refractivity (Wildman–Crippen MR) is 47.0 cm³/mol. The van der Waals surface area contributed by atoms with Crippen LogP contribution in [0.5, 0.6) is 0 Å². The van der Waals surface area contributed by atoms with Gasteiger partial charge >= 0.3 is 0 Å². The largest absolute Gasteiger partial charge is 0.267 e. The Kier molecular flexibility index (Phi) is 2.72. The van der Waals surface area contributed by atoms with Gasteiger partial charge in [-0.3, -0.25) is 4.68 Å². The molecule has 12 heavy (non-hydrogen) atoms. The molecule has 0 fully saturated rings. The second kappa shape index (κ2) is 3.59. The topological polar surface area (TPSA) is 41.6 Å². The van der Waals surface area contributed by atoms with Gasteiger partial charge < -0.3 is 0 Å². The van der Waals surface area contributed by atoms with E-state index in [1.54, 1.807) is 4.68 Å². The molecule has 64 valence electrons. The minimum absolute atomic E-state index is 0.456. The van der Waals surface area contributed by atoms with Crippen molar-refractivity contribution in [3.8, 4) is 6.07 Å². The van der Waals surface area contributed by atoms with Crippen LogP contribution in [0, 0.1) is 25.2 Å². The molecule has 1 aromatic heterocycles. The van der Waals surface area contributed by atoms with Crippen LogP contribution in [0.2, 0.25) is 0 Å². The summed E-state index contributed by atoms with van der Waals surface area (Å²) in [6.07, 6.45) is 0. The van der Waals surface area contributed by atoms with Gasteiger partial charge in [0, 0.05) is 5.69 Å². The number of aromatic nitrogens is 2. The van der Waals surface area contributed by atoms with E-state index < -0.39 is 5.38 Å². The van der Waals surface area contributed by atoms with Crippen molar-refractivity contribution in [2.45, 2.75) is 25.8 Å². The molecule has 0 bridgehead atoms. The van der Waals surface area contributed by atoms with E-state index in [4.69, 9.17) is 16.9 Å². The monoisotopic (exact) mass is 183 g/mol. The Hall–Kier alpha value is -1.01. The minimum Gasteiger partial charge on any atom is -0.267 e. The van der Waals surface area contributed by atoms with Crippen LogP contribution in [0.25, 0.3) is 0 Å². The summed E-state index contributed by atoms with van der Waals surface area (Å²) in [5.41, 5.74) is 1.99. The molecule has 1 rings (SSSR count). The van der Waals surface area contributed by atoms with E-state index in [0.29, 0.717) is 6.54 Å².